The van der Waals surface area contributed by atoms with Gasteiger partial charge in [0.05, 0.1) is 0 Å². The van der Waals surface area contributed by atoms with Crippen molar-refractivity contribution in [2.45, 2.75) is 122 Å². The first kappa shape index (κ1) is 29.2. The van der Waals surface area contributed by atoms with Gasteiger partial charge in [-0.05, 0) is 82.7 Å². The van der Waals surface area contributed by atoms with E-state index in [1.165, 1.54) is 49.7 Å². The van der Waals surface area contributed by atoms with Gasteiger partial charge in [-0.1, -0.05) is 90.5 Å². The Labute approximate surface area is 245 Å². The molecule has 37 heavy (non-hydrogen) atoms. The molecule has 0 aromatic heterocycles. The van der Waals surface area contributed by atoms with E-state index in [1.807, 2.05) is 0 Å². The Balaban J connectivity index is 0.00000320. The maximum Gasteiger partial charge on any atom is 1.00 e. The fraction of sp³-hybridized carbons (Fsp3) is 0.613. The average Bonchev–Trinajstić information content (AvgIpc) is 2.85. The molecule has 0 N–H and O–H groups in total. The smallest absolute Gasteiger partial charge is 0.736 e. The van der Waals surface area contributed by atoms with Gasteiger partial charge in [-0.3, -0.25) is 0 Å². The second-order valence-corrected chi connectivity index (χ2v) is 13.2. The summed E-state index contributed by atoms with van der Waals surface area (Å²) in [6.45, 7) is 8.85. The van der Waals surface area contributed by atoms with Crippen molar-refractivity contribution in [1.29, 1.82) is 0 Å². The monoisotopic (exact) mass is 532 g/mol. The van der Waals surface area contributed by atoms with Gasteiger partial charge in [0, 0.05) is 6.42 Å². The zero-order valence-electron chi connectivity index (χ0n) is 23.5. The summed E-state index contributed by atoms with van der Waals surface area (Å²) in [6, 6.07) is 8.79. The van der Waals surface area contributed by atoms with Gasteiger partial charge >= 0.3 is 37.4 Å². The van der Waals surface area contributed by atoms with E-state index in [2.05, 4.69) is 52.0 Å². The minimum atomic E-state index is -4.61. The summed E-state index contributed by atoms with van der Waals surface area (Å²) in [5.74, 6) is 2.46. The molecule has 0 amide bonds. The molecule has 2 aliphatic carbocycles. The quantitative estimate of drug-likeness (QED) is 0.366. The fourth-order valence-corrected chi connectivity index (χ4v) is 7.44. The van der Waals surface area contributed by atoms with E-state index >= 15 is 0 Å². The van der Waals surface area contributed by atoms with Gasteiger partial charge in [0.25, 0.3) is 0 Å². The zero-order chi connectivity index (χ0) is 25.4. The summed E-state index contributed by atoms with van der Waals surface area (Å²) in [5.41, 5.74) is 6.61. The Bertz CT molecular complexity index is 1060. The third-order valence-corrected chi connectivity index (χ3v) is 9.46. The first-order valence-corrected chi connectivity index (χ1v) is 15.7. The van der Waals surface area contributed by atoms with Crippen molar-refractivity contribution in [2.24, 2.45) is 0 Å². The van der Waals surface area contributed by atoms with Crippen molar-refractivity contribution < 1.29 is 48.1 Å². The molecule has 0 atom stereocenters. The van der Waals surface area contributed by atoms with Crippen LogP contribution in [0.2, 0.25) is 0 Å². The first-order chi connectivity index (χ1) is 17.2. The van der Waals surface area contributed by atoms with Crippen LogP contribution in [0.4, 0.5) is 0 Å². The van der Waals surface area contributed by atoms with Crippen LogP contribution in [0.1, 0.15) is 149 Å². The SMILES string of the molecule is CC(C)c1cc2c(c(C3CCCCC3)c1)OP(=O)([O-])Oc1c(cc(C(C)C)cc1C1CCCCC1)C2.[Na+]. The van der Waals surface area contributed by atoms with Crippen molar-refractivity contribution in [3.63, 3.8) is 0 Å². The van der Waals surface area contributed by atoms with Crippen LogP contribution in [-0.4, -0.2) is 0 Å². The molecule has 0 saturated heterocycles. The van der Waals surface area contributed by atoms with Crippen LogP contribution in [0.25, 0.3) is 0 Å². The topological polar surface area (TPSA) is 58.6 Å². The van der Waals surface area contributed by atoms with Gasteiger partial charge in [-0.2, -0.15) is 0 Å². The number of hydrogen-bond acceptors (Lipinski definition) is 4. The molecule has 1 heterocycles. The number of hydrogen-bond donors (Lipinski definition) is 0. The Morgan fingerprint density at radius 2 is 1.08 bits per heavy atom. The molecule has 2 saturated carbocycles. The molecule has 2 aromatic carbocycles. The van der Waals surface area contributed by atoms with E-state index in [-0.39, 0.29) is 29.6 Å². The zero-order valence-corrected chi connectivity index (χ0v) is 26.4. The second-order valence-electron chi connectivity index (χ2n) is 12.0. The molecule has 5 rings (SSSR count). The molecular formula is C31H42NaO4P. The van der Waals surface area contributed by atoms with Crippen molar-refractivity contribution in [2.75, 3.05) is 0 Å². The van der Waals surface area contributed by atoms with Crippen molar-refractivity contribution in [3.05, 3.63) is 57.6 Å². The Hall–Kier alpha value is -0.770. The van der Waals surface area contributed by atoms with Gasteiger partial charge in [0.2, 0.25) is 0 Å². The summed E-state index contributed by atoms with van der Waals surface area (Å²) in [5, 5.41) is 0. The Morgan fingerprint density at radius 1 is 0.703 bits per heavy atom. The number of fused-ring (bicyclic) bond motifs is 2. The molecule has 4 nitrogen and oxygen atoms in total. The molecule has 3 aliphatic rings. The third kappa shape index (κ3) is 6.52. The number of phosphoric acid groups is 1. The van der Waals surface area contributed by atoms with Crippen LogP contribution in [0.3, 0.4) is 0 Å². The molecule has 1 aliphatic heterocycles. The Morgan fingerprint density at radius 3 is 1.43 bits per heavy atom. The standard InChI is InChI=1S/C31H43O4P.Na/c1-20(2)24-15-26-17-27-16-25(21(3)4)19-29(23-13-9-6-10-14-23)31(27)35-36(32,33)34-30(26)28(18-24)22-11-7-5-8-12-22;/h15-16,18-23H,5-14,17H2,1-4H3,(H,32,33);/q;+1/p-1. The van der Waals surface area contributed by atoms with E-state index in [0.29, 0.717) is 41.6 Å². The Kier molecular flexibility index (Phi) is 9.61. The van der Waals surface area contributed by atoms with Crippen LogP contribution < -0.4 is 43.5 Å². The van der Waals surface area contributed by atoms with Crippen LogP contribution in [0, 0.1) is 0 Å². The second kappa shape index (κ2) is 12.2. The largest absolute Gasteiger partial charge is 1.00 e. The van der Waals surface area contributed by atoms with Crippen molar-refractivity contribution >= 4 is 7.82 Å². The number of benzene rings is 2. The van der Waals surface area contributed by atoms with Gasteiger partial charge in [-0.25, -0.2) is 4.57 Å². The summed E-state index contributed by atoms with van der Waals surface area (Å²) >= 11 is 0. The van der Waals surface area contributed by atoms with Crippen LogP contribution in [-0.2, 0) is 11.0 Å². The minimum Gasteiger partial charge on any atom is -0.736 e. The number of rotatable bonds is 4. The van der Waals surface area contributed by atoms with Gasteiger partial charge in [0.15, 0.2) is 0 Å². The van der Waals surface area contributed by atoms with Crippen molar-refractivity contribution in [1.82, 2.24) is 0 Å². The van der Waals surface area contributed by atoms with Gasteiger partial charge in [-0.15, -0.1) is 0 Å². The van der Waals surface area contributed by atoms with E-state index in [0.717, 1.165) is 47.9 Å². The van der Waals surface area contributed by atoms with E-state index < -0.39 is 7.82 Å². The van der Waals surface area contributed by atoms with E-state index in [9.17, 15) is 9.46 Å². The van der Waals surface area contributed by atoms with E-state index in [1.54, 1.807) is 0 Å². The molecule has 0 radical (unpaired) electrons. The maximum absolute atomic E-state index is 13.4. The van der Waals surface area contributed by atoms with E-state index in [4.69, 9.17) is 9.05 Å². The summed E-state index contributed by atoms with van der Waals surface area (Å²) in [4.78, 5) is 13.4. The predicted molar refractivity (Wildman–Crippen MR) is 144 cm³/mol. The molecule has 0 spiro atoms. The first-order valence-electron chi connectivity index (χ1n) is 14.3. The predicted octanol–water partition coefficient (Wildman–Crippen LogP) is 5.86. The average molecular weight is 533 g/mol. The van der Waals surface area contributed by atoms with Crippen LogP contribution in [0.5, 0.6) is 11.5 Å². The molecule has 2 fully saturated rings. The third-order valence-electron chi connectivity index (χ3n) is 8.64. The molecule has 6 heteroatoms. The van der Waals surface area contributed by atoms with Gasteiger partial charge < -0.3 is 13.9 Å². The molecule has 0 unspecified atom stereocenters. The maximum atomic E-state index is 13.4. The van der Waals surface area contributed by atoms with Crippen LogP contribution in [0.15, 0.2) is 24.3 Å². The molecular weight excluding hydrogens is 490 g/mol. The van der Waals surface area contributed by atoms with Crippen LogP contribution >= 0.6 is 7.82 Å². The normalized spacial score (nSPS) is 20.2. The molecule has 2 aromatic rings. The van der Waals surface area contributed by atoms with Crippen molar-refractivity contribution in [3.8, 4) is 11.5 Å². The number of phosphoric ester groups is 1. The molecule has 196 valence electrons. The fourth-order valence-electron chi connectivity index (χ4n) is 6.51. The summed E-state index contributed by atoms with van der Waals surface area (Å²) in [6.07, 6.45) is 12.2. The van der Waals surface area contributed by atoms with Gasteiger partial charge in [0.1, 0.15) is 11.5 Å². The summed E-state index contributed by atoms with van der Waals surface area (Å²) < 4.78 is 25.2. The molecule has 0 bridgehead atoms. The summed E-state index contributed by atoms with van der Waals surface area (Å²) in [7, 11) is -4.61. The minimum absolute atomic E-state index is 0.